The number of aryl methyl sites for hydroxylation is 1. The average Bonchev–Trinajstić information content (AvgIpc) is 2.28. The average molecular weight is 308 g/mol. The van der Waals surface area contributed by atoms with Crippen LogP contribution in [0.1, 0.15) is 22.7 Å². The van der Waals surface area contributed by atoms with Crippen LogP contribution in [0, 0.1) is 12.7 Å². The molecule has 2 aromatic carbocycles. The maximum absolute atomic E-state index is 13.3. The highest BCUT2D eigenvalue weighted by molar-refractivity contribution is 9.10. The van der Waals surface area contributed by atoms with Gasteiger partial charge in [-0.2, -0.15) is 0 Å². The summed E-state index contributed by atoms with van der Waals surface area (Å²) in [5.74, 6) is -0.209. The zero-order valence-electron chi connectivity index (χ0n) is 10.4. The van der Waals surface area contributed by atoms with Crippen molar-refractivity contribution in [2.24, 2.45) is 0 Å². The van der Waals surface area contributed by atoms with Gasteiger partial charge in [-0.25, -0.2) is 4.39 Å². The van der Waals surface area contributed by atoms with Crippen LogP contribution in [-0.4, -0.2) is 7.05 Å². The second-order valence-corrected chi connectivity index (χ2v) is 5.25. The zero-order chi connectivity index (χ0) is 13.1. The molecule has 0 spiro atoms. The molecule has 0 aromatic heterocycles. The van der Waals surface area contributed by atoms with E-state index < -0.39 is 0 Å². The van der Waals surface area contributed by atoms with Gasteiger partial charge in [-0.15, -0.1) is 0 Å². The molecule has 1 atom stereocenters. The molecule has 18 heavy (non-hydrogen) atoms. The zero-order valence-corrected chi connectivity index (χ0v) is 12.0. The summed E-state index contributed by atoms with van der Waals surface area (Å²) in [6.45, 7) is 2.05. The number of rotatable bonds is 3. The van der Waals surface area contributed by atoms with Crippen molar-refractivity contribution in [3.8, 4) is 0 Å². The molecule has 0 aliphatic carbocycles. The van der Waals surface area contributed by atoms with Crippen LogP contribution in [0.15, 0.2) is 46.9 Å². The van der Waals surface area contributed by atoms with Gasteiger partial charge in [0.05, 0.1) is 6.04 Å². The van der Waals surface area contributed by atoms with E-state index in [1.54, 1.807) is 12.1 Å². The van der Waals surface area contributed by atoms with E-state index in [1.807, 2.05) is 20.0 Å². The van der Waals surface area contributed by atoms with Gasteiger partial charge >= 0.3 is 0 Å². The minimum Gasteiger partial charge on any atom is -0.309 e. The summed E-state index contributed by atoms with van der Waals surface area (Å²) in [4.78, 5) is 0. The van der Waals surface area contributed by atoms with Crippen molar-refractivity contribution in [1.29, 1.82) is 0 Å². The van der Waals surface area contributed by atoms with Crippen molar-refractivity contribution in [3.05, 3.63) is 69.4 Å². The fourth-order valence-corrected chi connectivity index (χ4v) is 2.77. The Bertz CT molecular complexity index is 534. The number of benzene rings is 2. The molecule has 0 bridgehead atoms. The highest BCUT2D eigenvalue weighted by atomic mass is 79.9. The van der Waals surface area contributed by atoms with E-state index in [4.69, 9.17) is 0 Å². The molecule has 0 heterocycles. The third kappa shape index (κ3) is 2.98. The van der Waals surface area contributed by atoms with Crippen LogP contribution in [0.4, 0.5) is 4.39 Å². The number of nitrogens with one attached hydrogen (secondary N) is 1. The minimum atomic E-state index is -0.209. The molecule has 3 heteroatoms. The standard InChI is InChI=1S/C15H15BrFN/c1-10-6-12(8-13(16)7-10)15(18-2)11-4-3-5-14(17)9-11/h3-9,15,18H,1-2H3. The van der Waals surface area contributed by atoms with Crippen molar-refractivity contribution in [1.82, 2.24) is 5.32 Å². The van der Waals surface area contributed by atoms with Crippen LogP contribution in [0.25, 0.3) is 0 Å². The Morgan fingerprint density at radius 3 is 2.50 bits per heavy atom. The van der Waals surface area contributed by atoms with Gasteiger partial charge in [0.2, 0.25) is 0 Å². The van der Waals surface area contributed by atoms with Crippen LogP contribution in [0.3, 0.4) is 0 Å². The predicted octanol–water partition coefficient (Wildman–Crippen LogP) is 4.21. The summed E-state index contributed by atoms with van der Waals surface area (Å²) < 4.78 is 14.3. The Hall–Kier alpha value is -1.19. The molecule has 0 saturated carbocycles. The molecule has 0 amide bonds. The maximum atomic E-state index is 13.3. The Morgan fingerprint density at radius 2 is 1.89 bits per heavy atom. The van der Waals surface area contributed by atoms with Crippen molar-refractivity contribution < 1.29 is 4.39 Å². The van der Waals surface area contributed by atoms with E-state index in [1.165, 1.54) is 11.6 Å². The van der Waals surface area contributed by atoms with Crippen LogP contribution >= 0.6 is 15.9 Å². The van der Waals surface area contributed by atoms with Crippen LogP contribution in [-0.2, 0) is 0 Å². The topological polar surface area (TPSA) is 12.0 Å². The first-order valence-electron chi connectivity index (χ1n) is 5.80. The molecule has 94 valence electrons. The van der Waals surface area contributed by atoms with E-state index in [0.717, 1.165) is 15.6 Å². The lowest BCUT2D eigenvalue weighted by atomic mass is 9.97. The van der Waals surface area contributed by atoms with Gasteiger partial charge < -0.3 is 5.32 Å². The van der Waals surface area contributed by atoms with Crippen molar-refractivity contribution in [2.45, 2.75) is 13.0 Å². The SMILES string of the molecule is CNC(c1cccc(F)c1)c1cc(C)cc(Br)c1. The summed E-state index contributed by atoms with van der Waals surface area (Å²) in [7, 11) is 1.88. The summed E-state index contributed by atoms with van der Waals surface area (Å²) >= 11 is 3.50. The van der Waals surface area contributed by atoms with Gasteiger partial charge in [-0.3, -0.25) is 0 Å². The summed E-state index contributed by atoms with van der Waals surface area (Å²) in [6, 6.07) is 12.9. The largest absolute Gasteiger partial charge is 0.309 e. The first-order valence-corrected chi connectivity index (χ1v) is 6.59. The van der Waals surface area contributed by atoms with Crippen molar-refractivity contribution >= 4 is 15.9 Å². The van der Waals surface area contributed by atoms with Crippen LogP contribution < -0.4 is 5.32 Å². The highest BCUT2D eigenvalue weighted by Gasteiger charge is 2.13. The third-order valence-electron chi connectivity index (χ3n) is 2.87. The summed E-state index contributed by atoms with van der Waals surface area (Å²) in [5, 5.41) is 3.23. The van der Waals surface area contributed by atoms with Gasteiger partial charge in [0.1, 0.15) is 5.82 Å². The predicted molar refractivity (Wildman–Crippen MR) is 76.2 cm³/mol. The van der Waals surface area contributed by atoms with Crippen LogP contribution in [0.5, 0.6) is 0 Å². The molecule has 0 aliphatic rings. The molecule has 2 aromatic rings. The quantitative estimate of drug-likeness (QED) is 0.896. The molecular formula is C15H15BrFN. The van der Waals surface area contributed by atoms with Crippen LogP contribution in [0.2, 0.25) is 0 Å². The molecule has 1 nitrogen and oxygen atoms in total. The Morgan fingerprint density at radius 1 is 1.11 bits per heavy atom. The van der Waals surface area contributed by atoms with E-state index in [2.05, 4.69) is 39.4 Å². The Kier molecular flexibility index (Phi) is 4.15. The monoisotopic (exact) mass is 307 g/mol. The number of hydrogen-bond acceptors (Lipinski definition) is 1. The normalized spacial score (nSPS) is 12.4. The van der Waals surface area contributed by atoms with Gasteiger partial charge in [0, 0.05) is 4.47 Å². The summed E-state index contributed by atoms with van der Waals surface area (Å²) in [5.41, 5.74) is 3.22. The number of hydrogen-bond donors (Lipinski definition) is 1. The van der Waals surface area contributed by atoms with Gasteiger partial charge in [-0.05, 0) is 54.9 Å². The molecule has 0 fully saturated rings. The highest BCUT2D eigenvalue weighted by Crippen LogP contribution is 2.26. The van der Waals surface area contributed by atoms with Gasteiger partial charge in [0.25, 0.3) is 0 Å². The molecule has 0 saturated heterocycles. The second-order valence-electron chi connectivity index (χ2n) is 4.34. The van der Waals surface area contributed by atoms with Gasteiger partial charge in [0.15, 0.2) is 0 Å². The van der Waals surface area contributed by atoms with E-state index in [0.29, 0.717) is 0 Å². The molecule has 1 N–H and O–H groups in total. The molecule has 2 rings (SSSR count). The first-order chi connectivity index (χ1) is 8.60. The Labute approximate surface area is 115 Å². The van der Waals surface area contributed by atoms with E-state index >= 15 is 0 Å². The van der Waals surface area contributed by atoms with Crippen molar-refractivity contribution in [2.75, 3.05) is 7.05 Å². The van der Waals surface area contributed by atoms with E-state index in [9.17, 15) is 4.39 Å². The van der Waals surface area contributed by atoms with Crippen molar-refractivity contribution in [3.63, 3.8) is 0 Å². The molecule has 1 unspecified atom stereocenters. The van der Waals surface area contributed by atoms with Gasteiger partial charge in [-0.1, -0.05) is 34.1 Å². The smallest absolute Gasteiger partial charge is 0.123 e. The fourth-order valence-electron chi connectivity index (χ4n) is 2.14. The fraction of sp³-hybridized carbons (Fsp3) is 0.200. The molecule has 0 aliphatic heterocycles. The van der Waals surface area contributed by atoms with E-state index in [-0.39, 0.29) is 11.9 Å². The molecular weight excluding hydrogens is 293 g/mol. The lowest BCUT2D eigenvalue weighted by molar-refractivity contribution is 0.616. The molecule has 0 radical (unpaired) electrons. The maximum Gasteiger partial charge on any atom is 0.123 e. The lowest BCUT2D eigenvalue weighted by Gasteiger charge is -2.18. The third-order valence-corrected chi connectivity index (χ3v) is 3.33. The number of halogens is 2. The Balaban J connectivity index is 2.45. The second kappa shape index (κ2) is 5.63. The lowest BCUT2D eigenvalue weighted by Crippen LogP contribution is -2.17. The minimum absolute atomic E-state index is 0.00287. The summed E-state index contributed by atoms with van der Waals surface area (Å²) in [6.07, 6.45) is 0. The first kappa shape index (κ1) is 13.2.